The predicted molar refractivity (Wildman–Crippen MR) is 38.0 cm³/mol. The van der Waals surface area contributed by atoms with Crippen LogP contribution in [0.5, 0.6) is 0 Å². The normalized spacial score (nSPS) is 33.7. The Morgan fingerprint density at radius 3 is 2.70 bits per heavy atom. The highest BCUT2D eigenvalue weighted by Gasteiger charge is 2.39. The number of hydrogen-bond donors (Lipinski definition) is 1. The summed E-state index contributed by atoms with van der Waals surface area (Å²) in [5.74, 6) is -0.305. The second kappa shape index (κ2) is 2.78. The lowest BCUT2D eigenvalue weighted by atomic mass is 10.0. The summed E-state index contributed by atoms with van der Waals surface area (Å²) in [4.78, 5) is 10.3. The molecule has 1 atom stereocenters. The van der Waals surface area contributed by atoms with E-state index < -0.39 is 11.6 Å². The molecule has 1 unspecified atom stereocenters. The Labute approximate surface area is 62.8 Å². The Bertz CT molecular complexity index is 143. The Morgan fingerprint density at radius 2 is 2.40 bits per heavy atom. The lowest BCUT2D eigenvalue weighted by Crippen LogP contribution is -2.38. The van der Waals surface area contributed by atoms with E-state index in [1.165, 1.54) is 11.8 Å². The summed E-state index contributed by atoms with van der Waals surface area (Å²) in [6.45, 7) is 0. The van der Waals surface area contributed by atoms with Gasteiger partial charge in [-0.2, -0.15) is 11.8 Å². The Balaban J connectivity index is 2.56. The van der Waals surface area contributed by atoms with Crippen LogP contribution in [0.2, 0.25) is 0 Å². The van der Waals surface area contributed by atoms with E-state index in [0.29, 0.717) is 6.42 Å². The fourth-order valence-electron chi connectivity index (χ4n) is 0.929. The van der Waals surface area contributed by atoms with Crippen molar-refractivity contribution in [3.05, 3.63) is 0 Å². The fraction of sp³-hybridized carbons (Fsp3) is 0.833. The summed E-state index contributed by atoms with van der Waals surface area (Å²) in [7, 11) is 0. The molecular weight excluding hydrogens is 155 g/mol. The summed E-state index contributed by atoms with van der Waals surface area (Å²) in [6, 6.07) is 0. The van der Waals surface area contributed by atoms with Gasteiger partial charge < -0.3 is 5.11 Å². The average Bonchev–Trinajstić information content (AvgIpc) is 1.89. The van der Waals surface area contributed by atoms with Crippen molar-refractivity contribution in [1.29, 1.82) is 0 Å². The maximum absolute atomic E-state index is 13.1. The van der Waals surface area contributed by atoms with Crippen LogP contribution in [0.15, 0.2) is 0 Å². The molecule has 0 aromatic rings. The first-order valence-electron chi connectivity index (χ1n) is 3.15. The summed E-state index contributed by atoms with van der Waals surface area (Å²) in [5.41, 5.74) is -1.94. The molecule has 1 N–H and O–H groups in total. The van der Waals surface area contributed by atoms with Gasteiger partial charge in [-0.3, -0.25) is 0 Å². The zero-order valence-electron chi connectivity index (χ0n) is 5.47. The molecule has 1 heterocycles. The van der Waals surface area contributed by atoms with Gasteiger partial charge in [0.05, 0.1) is 0 Å². The van der Waals surface area contributed by atoms with Crippen LogP contribution in [0.25, 0.3) is 0 Å². The van der Waals surface area contributed by atoms with E-state index >= 15 is 0 Å². The number of aliphatic carboxylic acids is 1. The molecule has 1 rings (SSSR count). The minimum atomic E-state index is -1.94. The summed E-state index contributed by atoms with van der Waals surface area (Å²) >= 11 is 1.37. The van der Waals surface area contributed by atoms with Crippen LogP contribution in [0, 0.1) is 0 Å². The van der Waals surface area contributed by atoms with E-state index in [9.17, 15) is 9.18 Å². The molecule has 10 heavy (non-hydrogen) atoms. The molecular formula is C6H9FO2S. The van der Waals surface area contributed by atoms with E-state index in [4.69, 9.17) is 5.11 Å². The van der Waals surface area contributed by atoms with Crippen LogP contribution in [0.4, 0.5) is 4.39 Å². The van der Waals surface area contributed by atoms with E-state index in [2.05, 4.69) is 0 Å². The van der Waals surface area contributed by atoms with Gasteiger partial charge in [0.25, 0.3) is 0 Å². The van der Waals surface area contributed by atoms with Crippen LogP contribution in [-0.4, -0.2) is 28.3 Å². The molecule has 0 aromatic heterocycles. The minimum Gasteiger partial charge on any atom is -0.479 e. The third kappa shape index (κ3) is 1.42. The van der Waals surface area contributed by atoms with Crippen LogP contribution < -0.4 is 0 Å². The largest absolute Gasteiger partial charge is 0.479 e. The first-order valence-corrected chi connectivity index (χ1v) is 4.31. The Kier molecular flexibility index (Phi) is 2.18. The molecule has 0 amide bonds. The van der Waals surface area contributed by atoms with Crippen LogP contribution in [-0.2, 0) is 4.79 Å². The summed E-state index contributed by atoms with van der Waals surface area (Å²) in [6.07, 6.45) is 0.850. The summed E-state index contributed by atoms with van der Waals surface area (Å²) < 4.78 is 13.1. The van der Waals surface area contributed by atoms with Crippen molar-refractivity contribution in [2.45, 2.75) is 18.5 Å². The van der Waals surface area contributed by atoms with Gasteiger partial charge in [0.2, 0.25) is 5.67 Å². The molecule has 58 valence electrons. The zero-order valence-corrected chi connectivity index (χ0v) is 6.29. The number of carbonyl (C=O) groups is 1. The van der Waals surface area contributed by atoms with Gasteiger partial charge in [-0.05, 0) is 18.6 Å². The molecule has 1 aliphatic rings. The highest BCUT2D eigenvalue weighted by molar-refractivity contribution is 7.99. The topological polar surface area (TPSA) is 37.3 Å². The van der Waals surface area contributed by atoms with Gasteiger partial charge in [0.15, 0.2) is 0 Å². The third-order valence-corrected chi connectivity index (χ3v) is 2.81. The van der Waals surface area contributed by atoms with E-state index in [-0.39, 0.29) is 12.2 Å². The predicted octanol–water partition coefficient (Wildman–Crippen LogP) is 1.31. The number of alkyl halides is 1. The minimum absolute atomic E-state index is 0.113. The molecule has 1 aliphatic heterocycles. The molecule has 0 aromatic carbocycles. The van der Waals surface area contributed by atoms with E-state index in [1.807, 2.05) is 0 Å². The molecule has 0 aliphatic carbocycles. The molecule has 1 fully saturated rings. The SMILES string of the molecule is O=C(O)C1(F)CCCSC1. The van der Waals surface area contributed by atoms with E-state index in [0.717, 1.165) is 5.75 Å². The smallest absolute Gasteiger partial charge is 0.342 e. The molecule has 0 bridgehead atoms. The maximum Gasteiger partial charge on any atom is 0.342 e. The Morgan fingerprint density at radius 1 is 1.70 bits per heavy atom. The fourth-order valence-corrected chi connectivity index (χ4v) is 2.01. The number of halogens is 1. The van der Waals surface area contributed by atoms with Crippen molar-refractivity contribution >= 4 is 17.7 Å². The standard InChI is InChI=1S/C6H9FO2S/c7-6(5(8)9)2-1-3-10-4-6/h1-4H2,(H,8,9). The number of rotatable bonds is 1. The zero-order chi connectivity index (χ0) is 7.61. The monoisotopic (exact) mass is 164 g/mol. The first kappa shape index (κ1) is 7.85. The number of carboxylic acids is 1. The maximum atomic E-state index is 13.1. The molecule has 0 radical (unpaired) electrons. The van der Waals surface area contributed by atoms with Crippen molar-refractivity contribution in [2.24, 2.45) is 0 Å². The van der Waals surface area contributed by atoms with Crippen molar-refractivity contribution in [3.63, 3.8) is 0 Å². The third-order valence-electron chi connectivity index (χ3n) is 1.58. The highest BCUT2D eigenvalue weighted by atomic mass is 32.2. The summed E-state index contributed by atoms with van der Waals surface area (Å²) in [5, 5.41) is 8.41. The molecule has 4 heteroatoms. The van der Waals surface area contributed by atoms with Crippen molar-refractivity contribution in [1.82, 2.24) is 0 Å². The highest BCUT2D eigenvalue weighted by Crippen LogP contribution is 2.30. The second-order valence-corrected chi connectivity index (χ2v) is 3.53. The molecule has 1 saturated heterocycles. The quantitative estimate of drug-likeness (QED) is 0.634. The van der Waals surface area contributed by atoms with Crippen molar-refractivity contribution < 1.29 is 14.3 Å². The Hall–Kier alpha value is -0.250. The molecule has 2 nitrogen and oxygen atoms in total. The van der Waals surface area contributed by atoms with Gasteiger partial charge in [0, 0.05) is 5.75 Å². The molecule has 0 saturated carbocycles. The van der Waals surface area contributed by atoms with Crippen LogP contribution >= 0.6 is 11.8 Å². The van der Waals surface area contributed by atoms with Gasteiger partial charge >= 0.3 is 5.97 Å². The van der Waals surface area contributed by atoms with Crippen LogP contribution in [0.1, 0.15) is 12.8 Å². The van der Waals surface area contributed by atoms with Crippen molar-refractivity contribution in [2.75, 3.05) is 11.5 Å². The second-order valence-electron chi connectivity index (χ2n) is 2.43. The number of thioether (sulfide) groups is 1. The first-order chi connectivity index (χ1) is 4.65. The average molecular weight is 164 g/mol. The van der Waals surface area contributed by atoms with Gasteiger partial charge in [-0.15, -0.1) is 0 Å². The number of hydrogen-bond acceptors (Lipinski definition) is 2. The van der Waals surface area contributed by atoms with E-state index in [1.54, 1.807) is 0 Å². The number of carboxylic acid groups (broad SMARTS) is 1. The van der Waals surface area contributed by atoms with Crippen LogP contribution in [0.3, 0.4) is 0 Å². The van der Waals surface area contributed by atoms with Gasteiger partial charge in [0.1, 0.15) is 0 Å². The van der Waals surface area contributed by atoms with Gasteiger partial charge in [-0.25, -0.2) is 9.18 Å². The lowest BCUT2D eigenvalue weighted by Gasteiger charge is -2.23. The van der Waals surface area contributed by atoms with Gasteiger partial charge in [-0.1, -0.05) is 0 Å². The van der Waals surface area contributed by atoms with Crippen molar-refractivity contribution in [3.8, 4) is 0 Å². The molecule has 0 spiro atoms. The lowest BCUT2D eigenvalue weighted by molar-refractivity contribution is -0.149.